The van der Waals surface area contributed by atoms with Crippen LogP contribution in [-0.2, 0) is 4.79 Å². The Morgan fingerprint density at radius 2 is 2.00 bits per heavy atom. The number of rotatable bonds is 3. The number of nitrogens with zero attached hydrogens (tertiary/aromatic N) is 1. The molecule has 0 aliphatic carbocycles. The van der Waals surface area contributed by atoms with Crippen LogP contribution in [0.25, 0.3) is 0 Å². The number of aliphatic carboxylic acids is 1. The average molecular weight is 158 g/mol. The van der Waals surface area contributed by atoms with Gasteiger partial charge in [0.2, 0.25) is 0 Å². The van der Waals surface area contributed by atoms with Crippen LogP contribution < -0.4 is 16.9 Å². The molecule has 0 saturated carbocycles. The highest BCUT2D eigenvalue weighted by Gasteiger charge is 2.29. The zero-order valence-electron chi connectivity index (χ0n) is 5.48. The maximum absolute atomic E-state index is 10.4. The normalized spacial score (nSPS) is 13.5. The van der Waals surface area contributed by atoms with E-state index in [0.29, 0.717) is 4.57 Å². The van der Waals surface area contributed by atoms with E-state index in [1.807, 2.05) is 0 Å². The van der Waals surface area contributed by atoms with E-state index < -0.39 is 23.1 Å². The van der Waals surface area contributed by atoms with Crippen LogP contribution in [0.3, 0.4) is 0 Å². The van der Waals surface area contributed by atoms with Gasteiger partial charge in [-0.05, 0) is 0 Å². The van der Waals surface area contributed by atoms with Crippen molar-refractivity contribution in [3.63, 3.8) is 0 Å². The number of carbonyl (C=O) groups is 1. The molecular weight excluding hydrogens is 152 g/mol. The summed E-state index contributed by atoms with van der Waals surface area (Å²) < 4.78 is 0.627. The highest BCUT2D eigenvalue weighted by atomic mass is 16.4. The van der Waals surface area contributed by atoms with Crippen LogP contribution >= 0.6 is 0 Å². The number of carboxylic acids is 1. The molecule has 0 spiro atoms. The molecule has 0 amide bonds. The highest BCUT2D eigenvalue weighted by molar-refractivity contribution is 5.72. The average Bonchev–Trinajstić information content (AvgIpc) is 2.46. The summed E-state index contributed by atoms with van der Waals surface area (Å²) in [5.74, 6) is -1.26. The Morgan fingerprint density at radius 1 is 1.55 bits per heavy atom. The highest BCUT2D eigenvalue weighted by Crippen LogP contribution is 1.97. The summed E-state index contributed by atoms with van der Waals surface area (Å²) in [6.45, 7) is -0.243. The second-order valence-corrected chi connectivity index (χ2v) is 2.07. The molecule has 0 aromatic carbocycles. The van der Waals surface area contributed by atoms with Gasteiger partial charge in [-0.3, -0.25) is 14.2 Å². The standard InChI is InChI=1S/C5H6N2O4/c6-1-2(5(10)11)7-3(8)4(7)9/h2H,1,6H2,(H,10,11)/t2-/m0/s1. The number of aromatic nitrogens is 1. The largest absolute Gasteiger partial charge is 0.480 e. The Morgan fingerprint density at radius 3 is 2.09 bits per heavy atom. The third-order valence-electron chi connectivity index (χ3n) is 1.39. The van der Waals surface area contributed by atoms with Crippen molar-refractivity contribution in [1.82, 2.24) is 4.57 Å². The number of nitrogens with two attached hydrogens (primary N) is 1. The first-order valence-corrected chi connectivity index (χ1v) is 2.90. The topological polar surface area (TPSA) is 102 Å². The van der Waals surface area contributed by atoms with Crippen molar-refractivity contribution < 1.29 is 9.90 Å². The minimum atomic E-state index is -1.26. The molecule has 60 valence electrons. The molecule has 3 N–H and O–H groups in total. The van der Waals surface area contributed by atoms with Crippen molar-refractivity contribution in [3.8, 4) is 0 Å². The molecule has 0 radical (unpaired) electrons. The molecule has 0 unspecified atom stereocenters. The minimum Gasteiger partial charge on any atom is -0.480 e. The molecule has 1 heterocycles. The molecule has 11 heavy (non-hydrogen) atoms. The van der Waals surface area contributed by atoms with Crippen molar-refractivity contribution >= 4 is 5.97 Å². The van der Waals surface area contributed by atoms with Gasteiger partial charge in [0.05, 0.1) is 0 Å². The van der Waals surface area contributed by atoms with Gasteiger partial charge >= 0.3 is 17.1 Å². The molecule has 6 nitrogen and oxygen atoms in total. The molecule has 0 fully saturated rings. The summed E-state index contributed by atoms with van der Waals surface area (Å²) in [6, 6.07) is -1.19. The molecule has 6 heteroatoms. The summed E-state index contributed by atoms with van der Waals surface area (Å²) in [7, 11) is 0. The Balaban J connectivity index is 2.91. The summed E-state index contributed by atoms with van der Waals surface area (Å²) in [5.41, 5.74) is 3.46. The first kappa shape index (κ1) is 7.67. The zero-order valence-corrected chi connectivity index (χ0v) is 5.48. The number of hydrogen-bond donors (Lipinski definition) is 2. The van der Waals surface area contributed by atoms with Crippen LogP contribution in [0.2, 0.25) is 0 Å². The van der Waals surface area contributed by atoms with Crippen LogP contribution in [0.5, 0.6) is 0 Å². The van der Waals surface area contributed by atoms with Gasteiger partial charge in [-0.15, -0.1) is 0 Å². The predicted octanol–water partition coefficient (Wildman–Crippen LogP) is -2.33. The van der Waals surface area contributed by atoms with Gasteiger partial charge in [0, 0.05) is 6.54 Å². The van der Waals surface area contributed by atoms with Crippen molar-refractivity contribution in [1.29, 1.82) is 0 Å². The van der Waals surface area contributed by atoms with Crippen LogP contribution in [0, 0.1) is 0 Å². The number of hydrogen-bond acceptors (Lipinski definition) is 4. The van der Waals surface area contributed by atoms with Gasteiger partial charge < -0.3 is 10.8 Å². The van der Waals surface area contributed by atoms with E-state index in [1.165, 1.54) is 0 Å². The van der Waals surface area contributed by atoms with E-state index in [-0.39, 0.29) is 6.54 Å². The van der Waals surface area contributed by atoms with Crippen LogP contribution in [-0.4, -0.2) is 22.2 Å². The first-order valence-electron chi connectivity index (χ1n) is 2.90. The molecule has 0 bridgehead atoms. The third-order valence-corrected chi connectivity index (χ3v) is 1.39. The fraction of sp³-hybridized carbons (Fsp3) is 0.400. The van der Waals surface area contributed by atoms with Gasteiger partial charge in [0.15, 0.2) is 0 Å². The smallest absolute Gasteiger partial charge is 0.328 e. The first-order chi connectivity index (χ1) is 5.09. The van der Waals surface area contributed by atoms with E-state index in [0.717, 1.165) is 0 Å². The lowest BCUT2D eigenvalue weighted by Gasteiger charge is -2.02. The maximum atomic E-state index is 10.4. The van der Waals surface area contributed by atoms with E-state index in [1.54, 1.807) is 0 Å². The monoisotopic (exact) mass is 158 g/mol. The SMILES string of the molecule is NC[C@@H](C(=O)O)n1c(=O)c1=O. The van der Waals surface area contributed by atoms with Crippen molar-refractivity contribution in [3.05, 3.63) is 20.7 Å². The molecule has 0 aliphatic rings. The van der Waals surface area contributed by atoms with Crippen LogP contribution in [0.4, 0.5) is 0 Å². The van der Waals surface area contributed by atoms with E-state index in [4.69, 9.17) is 10.8 Å². The van der Waals surface area contributed by atoms with Gasteiger partial charge in [-0.2, -0.15) is 0 Å². The van der Waals surface area contributed by atoms with Crippen molar-refractivity contribution in [2.24, 2.45) is 5.73 Å². The Hall–Kier alpha value is -1.43. The molecule has 0 aliphatic heterocycles. The second kappa shape index (κ2) is 2.31. The predicted molar refractivity (Wildman–Crippen MR) is 35.1 cm³/mol. The van der Waals surface area contributed by atoms with E-state index in [2.05, 4.69) is 0 Å². The molecule has 1 aromatic rings. The molecule has 1 aromatic heterocycles. The van der Waals surface area contributed by atoms with Crippen molar-refractivity contribution in [2.45, 2.75) is 6.04 Å². The minimum absolute atomic E-state index is 0.243. The van der Waals surface area contributed by atoms with Gasteiger partial charge in [-0.25, -0.2) is 4.79 Å². The van der Waals surface area contributed by atoms with Gasteiger partial charge in [0.1, 0.15) is 6.04 Å². The second-order valence-electron chi connectivity index (χ2n) is 2.07. The number of carboxylic acid groups (broad SMARTS) is 1. The summed E-state index contributed by atoms with van der Waals surface area (Å²) in [6.07, 6.45) is 0. The van der Waals surface area contributed by atoms with Crippen LogP contribution in [0.1, 0.15) is 6.04 Å². The third kappa shape index (κ3) is 1.07. The summed E-state index contributed by atoms with van der Waals surface area (Å²) >= 11 is 0. The van der Waals surface area contributed by atoms with Gasteiger partial charge in [0.25, 0.3) is 0 Å². The molecular formula is C5H6N2O4. The Labute approximate surface area is 60.5 Å². The van der Waals surface area contributed by atoms with E-state index in [9.17, 15) is 14.4 Å². The zero-order chi connectivity index (χ0) is 8.59. The van der Waals surface area contributed by atoms with Crippen molar-refractivity contribution in [2.75, 3.05) is 6.54 Å². The quantitative estimate of drug-likeness (QED) is 0.480. The van der Waals surface area contributed by atoms with E-state index >= 15 is 0 Å². The lowest BCUT2D eigenvalue weighted by molar-refractivity contribution is -0.140. The lowest BCUT2D eigenvalue weighted by Crippen LogP contribution is -2.26. The fourth-order valence-electron chi connectivity index (χ4n) is 0.746. The Kier molecular flexibility index (Phi) is 1.61. The molecule has 1 rings (SSSR count). The molecule has 0 saturated heterocycles. The maximum Gasteiger partial charge on any atom is 0.328 e. The Bertz CT molecular complexity index is 321. The summed E-state index contributed by atoms with van der Waals surface area (Å²) in [5, 5.41) is 8.39. The lowest BCUT2D eigenvalue weighted by atomic mass is 10.3. The van der Waals surface area contributed by atoms with Crippen LogP contribution in [0.15, 0.2) is 9.59 Å². The summed E-state index contributed by atoms with van der Waals surface area (Å²) in [4.78, 5) is 31.0. The van der Waals surface area contributed by atoms with Gasteiger partial charge in [-0.1, -0.05) is 0 Å². The molecule has 1 atom stereocenters. The fourth-order valence-corrected chi connectivity index (χ4v) is 0.746.